The van der Waals surface area contributed by atoms with Gasteiger partial charge in [0.25, 0.3) is 5.56 Å². The summed E-state index contributed by atoms with van der Waals surface area (Å²) in [5.74, 6) is -0.490. The zero-order chi connectivity index (χ0) is 24.4. The molecule has 5 rings (SSSR count). The van der Waals surface area contributed by atoms with E-state index in [0.717, 1.165) is 16.7 Å². The van der Waals surface area contributed by atoms with E-state index < -0.39 is 12.0 Å². The lowest BCUT2D eigenvalue weighted by atomic mass is 9.93. The first-order chi connectivity index (χ1) is 17.1. The molecule has 1 aliphatic rings. The molecule has 5 nitrogen and oxygen atoms in total. The number of halogens is 1. The number of rotatable bonds is 5. The molecule has 0 spiro atoms. The molecule has 7 heteroatoms. The zero-order valence-corrected chi connectivity index (χ0v) is 20.4. The number of fused-ring (bicyclic) bond motifs is 1. The minimum atomic E-state index is -0.672. The summed E-state index contributed by atoms with van der Waals surface area (Å²) < 4.78 is 7.58. The number of ether oxygens (including phenoxy) is 1. The Kier molecular flexibility index (Phi) is 6.49. The maximum atomic E-state index is 13.7. The molecule has 1 aromatic heterocycles. The number of aromatic nitrogens is 1. The molecule has 0 bridgehead atoms. The van der Waals surface area contributed by atoms with Crippen LogP contribution in [0.25, 0.3) is 11.8 Å². The highest BCUT2D eigenvalue weighted by molar-refractivity contribution is 7.07. The van der Waals surface area contributed by atoms with Gasteiger partial charge in [0.2, 0.25) is 0 Å². The van der Waals surface area contributed by atoms with Crippen LogP contribution in [-0.2, 0) is 9.53 Å². The van der Waals surface area contributed by atoms with E-state index in [-0.39, 0.29) is 12.2 Å². The molecular formula is C28H21ClN2O3S. The normalized spacial score (nSPS) is 15.5. The van der Waals surface area contributed by atoms with Gasteiger partial charge < -0.3 is 4.74 Å². The maximum Gasteiger partial charge on any atom is 0.338 e. The van der Waals surface area contributed by atoms with Crippen LogP contribution in [0.3, 0.4) is 0 Å². The first kappa shape index (κ1) is 23.0. The summed E-state index contributed by atoms with van der Waals surface area (Å²) in [6, 6.07) is 25.6. The average molecular weight is 501 g/mol. The van der Waals surface area contributed by atoms with E-state index in [2.05, 4.69) is 0 Å². The van der Waals surface area contributed by atoms with Gasteiger partial charge in [-0.25, -0.2) is 9.79 Å². The van der Waals surface area contributed by atoms with Crippen LogP contribution in [0.5, 0.6) is 0 Å². The number of carbonyl (C=O) groups excluding carboxylic acids is 1. The first-order valence-corrected chi connectivity index (χ1v) is 12.3. The van der Waals surface area contributed by atoms with Crippen molar-refractivity contribution in [2.75, 3.05) is 6.61 Å². The molecule has 0 saturated heterocycles. The second-order valence-corrected chi connectivity index (χ2v) is 9.34. The van der Waals surface area contributed by atoms with Crippen LogP contribution < -0.4 is 14.9 Å². The molecule has 1 atom stereocenters. The van der Waals surface area contributed by atoms with Crippen molar-refractivity contribution in [1.29, 1.82) is 0 Å². The topological polar surface area (TPSA) is 60.7 Å². The molecule has 2 heterocycles. The average Bonchev–Trinajstić information content (AvgIpc) is 3.20. The first-order valence-electron chi connectivity index (χ1n) is 11.2. The lowest BCUT2D eigenvalue weighted by molar-refractivity contribution is -0.138. The fourth-order valence-electron chi connectivity index (χ4n) is 4.10. The van der Waals surface area contributed by atoms with Crippen molar-refractivity contribution in [1.82, 2.24) is 4.57 Å². The van der Waals surface area contributed by atoms with Crippen molar-refractivity contribution in [2.24, 2.45) is 4.99 Å². The van der Waals surface area contributed by atoms with E-state index in [9.17, 15) is 9.59 Å². The summed E-state index contributed by atoms with van der Waals surface area (Å²) in [4.78, 5) is 32.4. The Morgan fingerprint density at radius 3 is 2.34 bits per heavy atom. The van der Waals surface area contributed by atoms with Crippen molar-refractivity contribution < 1.29 is 9.53 Å². The Morgan fingerprint density at radius 2 is 1.69 bits per heavy atom. The molecule has 0 amide bonds. The predicted octanol–water partition coefficient (Wildman–Crippen LogP) is 4.59. The Hall–Kier alpha value is -3.74. The van der Waals surface area contributed by atoms with E-state index in [1.54, 1.807) is 23.6 Å². The maximum absolute atomic E-state index is 13.7. The number of nitrogens with zero attached hydrogens (tertiary/aromatic N) is 2. The van der Waals surface area contributed by atoms with Crippen molar-refractivity contribution in [3.8, 4) is 0 Å². The number of thiazole rings is 1. The fraction of sp³-hybridized carbons (Fsp3) is 0.107. The monoisotopic (exact) mass is 500 g/mol. The summed E-state index contributed by atoms with van der Waals surface area (Å²) >= 11 is 7.31. The molecule has 1 unspecified atom stereocenters. The summed E-state index contributed by atoms with van der Waals surface area (Å²) in [5.41, 5.74) is 3.08. The Bertz CT molecular complexity index is 1590. The van der Waals surface area contributed by atoms with Crippen molar-refractivity contribution in [3.63, 3.8) is 0 Å². The fourth-order valence-corrected chi connectivity index (χ4v) is 5.23. The van der Waals surface area contributed by atoms with Crippen LogP contribution in [-0.4, -0.2) is 17.1 Å². The largest absolute Gasteiger partial charge is 0.463 e. The molecule has 3 aromatic carbocycles. The van der Waals surface area contributed by atoms with Crippen LogP contribution in [0.2, 0.25) is 5.02 Å². The van der Waals surface area contributed by atoms with Crippen LogP contribution in [0, 0.1) is 0 Å². The Labute approximate surface area is 210 Å². The summed E-state index contributed by atoms with van der Waals surface area (Å²) in [7, 11) is 0. The van der Waals surface area contributed by atoms with Crippen LogP contribution in [0.15, 0.2) is 100 Å². The highest BCUT2D eigenvalue weighted by Crippen LogP contribution is 2.35. The van der Waals surface area contributed by atoms with E-state index in [1.807, 2.05) is 78.9 Å². The van der Waals surface area contributed by atoms with Gasteiger partial charge in [-0.05, 0) is 36.3 Å². The Morgan fingerprint density at radius 1 is 1.03 bits per heavy atom. The van der Waals surface area contributed by atoms with Gasteiger partial charge in [-0.15, -0.1) is 0 Å². The molecule has 0 radical (unpaired) electrons. The van der Waals surface area contributed by atoms with E-state index in [4.69, 9.17) is 21.3 Å². The smallest absolute Gasteiger partial charge is 0.338 e. The summed E-state index contributed by atoms with van der Waals surface area (Å²) in [6.07, 6.45) is 1.82. The van der Waals surface area contributed by atoms with Crippen molar-refractivity contribution >= 4 is 40.7 Å². The van der Waals surface area contributed by atoms with Gasteiger partial charge in [0.15, 0.2) is 4.80 Å². The number of hydrogen-bond donors (Lipinski definition) is 0. The SMILES string of the molecule is CCOC(=O)C1=C(c2ccccc2)N=c2sc(=Cc3ccc(Cl)cc3)c(=O)n2C1c1ccccc1. The number of benzene rings is 3. The third kappa shape index (κ3) is 4.50. The molecule has 0 fully saturated rings. The predicted molar refractivity (Wildman–Crippen MR) is 139 cm³/mol. The lowest BCUT2D eigenvalue weighted by Crippen LogP contribution is -2.39. The van der Waals surface area contributed by atoms with Crippen LogP contribution >= 0.6 is 22.9 Å². The summed E-state index contributed by atoms with van der Waals surface area (Å²) in [6.45, 7) is 1.98. The molecule has 0 aliphatic carbocycles. The molecule has 1 aliphatic heterocycles. The van der Waals surface area contributed by atoms with E-state index in [0.29, 0.717) is 25.6 Å². The van der Waals surface area contributed by atoms with Gasteiger partial charge in [-0.3, -0.25) is 9.36 Å². The number of carbonyl (C=O) groups is 1. The van der Waals surface area contributed by atoms with Gasteiger partial charge in [0.1, 0.15) is 0 Å². The highest BCUT2D eigenvalue weighted by Gasteiger charge is 2.35. The third-order valence-electron chi connectivity index (χ3n) is 5.66. The lowest BCUT2D eigenvalue weighted by Gasteiger charge is -2.25. The van der Waals surface area contributed by atoms with E-state index >= 15 is 0 Å². The highest BCUT2D eigenvalue weighted by atomic mass is 35.5. The van der Waals surface area contributed by atoms with Gasteiger partial charge in [0.05, 0.1) is 28.5 Å². The third-order valence-corrected chi connectivity index (χ3v) is 6.89. The quantitative estimate of drug-likeness (QED) is 0.377. The second-order valence-electron chi connectivity index (χ2n) is 7.89. The number of hydrogen-bond acceptors (Lipinski definition) is 5. The van der Waals surface area contributed by atoms with Gasteiger partial charge >= 0.3 is 5.97 Å². The summed E-state index contributed by atoms with van der Waals surface area (Å²) in [5, 5.41) is 0.624. The molecule has 174 valence electrons. The Balaban J connectivity index is 1.82. The van der Waals surface area contributed by atoms with E-state index in [1.165, 1.54) is 11.3 Å². The molecular weight excluding hydrogens is 480 g/mol. The molecule has 35 heavy (non-hydrogen) atoms. The van der Waals surface area contributed by atoms with Gasteiger partial charge in [-0.2, -0.15) is 0 Å². The standard InChI is InChI=1S/C28H21ClN2O3S/c1-2-34-27(33)23-24(19-9-5-3-6-10-19)30-28-31(25(23)20-11-7-4-8-12-20)26(32)22(35-28)17-18-13-15-21(29)16-14-18/h3-17,25H,2H2,1H3. The minimum absolute atomic E-state index is 0.215. The molecule has 4 aromatic rings. The second kappa shape index (κ2) is 9.86. The van der Waals surface area contributed by atoms with Crippen molar-refractivity contribution in [3.05, 3.63) is 132 Å². The van der Waals surface area contributed by atoms with Crippen molar-refractivity contribution in [2.45, 2.75) is 13.0 Å². The minimum Gasteiger partial charge on any atom is -0.463 e. The number of esters is 1. The van der Waals surface area contributed by atoms with Crippen LogP contribution in [0.4, 0.5) is 0 Å². The van der Waals surface area contributed by atoms with Crippen LogP contribution in [0.1, 0.15) is 29.7 Å². The molecule has 0 N–H and O–H groups in total. The van der Waals surface area contributed by atoms with Gasteiger partial charge in [0, 0.05) is 10.6 Å². The zero-order valence-electron chi connectivity index (χ0n) is 18.9. The van der Waals surface area contributed by atoms with Gasteiger partial charge in [-0.1, -0.05) is 95.7 Å². The molecule has 0 saturated carbocycles.